The Bertz CT molecular complexity index is 805. The molecular formula is C18H19F3N2O2. The second-order valence-electron chi connectivity index (χ2n) is 6.00. The zero-order valence-corrected chi connectivity index (χ0v) is 14.3. The highest BCUT2D eigenvalue weighted by Crippen LogP contribution is 2.30. The van der Waals surface area contributed by atoms with Gasteiger partial charge >= 0.3 is 6.18 Å². The number of halogens is 3. The van der Waals surface area contributed by atoms with Gasteiger partial charge in [-0.1, -0.05) is 12.1 Å². The summed E-state index contributed by atoms with van der Waals surface area (Å²) in [6.07, 6.45) is -4.40. The number of Topliss-reactive ketones (excluding diaryl/α,β-unsaturated/α-hetero) is 1. The van der Waals surface area contributed by atoms with Crippen LogP contribution in [0.25, 0.3) is 0 Å². The van der Waals surface area contributed by atoms with Gasteiger partial charge in [0.05, 0.1) is 11.6 Å². The number of H-pyrrole nitrogens is 1. The van der Waals surface area contributed by atoms with Crippen LogP contribution in [0.5, 0.6) is 0 Å². The van der Waals surface area contributed by atoms with Gasteiger partial charge in [-0.2, -0.15) is 13.2 Å². The van der Waals surface area contributed by atoms with E-state index >= 15 is 0 Å². The van der Waals surface area contributed by atoms with Crippen LogP contribution in [-0.2, 0) is 6.18 Å². The predicted octanol–water partition coefficient (Wildman–Crippen LogP) is 4.34. The van der Waals surface area contributed by atoms with Crippen LogP contribution in [0.4, 0.5) is 13.2 Å². The quantitative estimate of drug-likeness (QED) is 0.804. The molecule has 1 atom stereocenters. The van der Waals surface area contributed by atoms with Gasteiger partial charge in [-0.3, -0.25) is 9.59 Å². The molecule has 4 nitrogen and oxygen atoms in total. The van der Waals surface area contributed by atoms with Gasteiger partial charge < -0.3 is 10.3 Å². The van der Waals surface area contributed by atoms with E-state index in [1.54, 1.807) is 20.8 Å². The molecule has 1 amide bonds. The number of aryl methyl sites for hydroxylation is 1. The van der Waals surface area contributed by atoms with Crippen LogP contribution >= 0.6 is 0 Å². The average Bonchev–Trinajstić information content (AvgIpc) is 2.81. The second kappa shape index (κ2) is 6.74. The van der Waals surface area contributed by atoms with E-state index in [1.165, 1.54) is 19.1 Å². The van der Waals surface area contributed by atoms with Crippen LogP contribution in [0.2, 0.25) is 0 Å². The molecule has 0 bridgehead atoms. The van der Waals surface area contributed by atoms with Gasteiger partial charge in [0.1, 0.15) is 5.69 Å². The molecule has 1 aromatic heterocycles. The highest BCUT2D eigenvalue weighted by atomic mass is 19.4. The maximum absolute atomic E-state index is 12.6. The summed E-state index contributed by atoms with van der Waals surface area (Å²) in [6, 6.07) is 4.15. The smallest absolute Gasteiger partial charge is 0.354 e. The summed E-state index contributed by atoms with van der Waals surface area (Å²) in [5.74, 6) is -0.554. The van der Waals surface area contributed by atoms with Gasteiger partial charge in [-0.05, 0) is 51.0 Å². The fraction of sp³-hybridized carbons (Fsp3) is 0.333. The number of rotatable bonds is 4. The van der Waals surface area contributed by atoms with Crippen LogP contribution in [0.3, 0.4) is 0 Å². The van der Waals surface area contributed by atoms with Gasteiger partial charge in [0.25, 0.3) is 5.91 Å². The maximum Gasteiger partial charge on any atom is 0.416 e. The molecule has 0 spiro atoms. The highest BCUT2D eigenvalue weighted by molar-refractivity contribution is 6.02. The topological polar surface area (TPSA) is 62.0 Å². The predicted molar refractivity (Wildman–Crippen MR) is 87.6 cm³/mol. The third kappa shape index (κ3) is 3.92. The van der Waals surface area contributed by atoms with Crippen molar-refractivity contribution in [3.8, 4) is 0 Å². The third-order valence-corrected chi connectivity index (χ3v) is 4.10. The minimum atomic E-state index is -4.40. The number of benzene rings is 1. The number of aromatic amines is 1. The first-order valence-corrected chi connectivity index (χ1v) is 7.70. The summed E-state index contributed by atoms with van der Waals surface area (Å²) in [5.41, 5.74) is 1.74. The molecule has 0 fully saturated rings. The zero-order chi connectivity index (χ0) is 18.9. The van der Waals surface area contributed by atoms with E-state index in [4.69, 9.17) is 0 Å². The molecule has 2 N–H and O–H groups in total. The number of alkyl halides is 3. The number of amides is 1. The second-order valence-corrected chi connectivity index (χ2v) is 6.00. The van der Waals surface area contributed by atoms with Crippen molar-refractivity contribution in [1.82, 2.24) is 10.3 Å². The van der Waals surface area contributed by atoms with E-state index in [1.807, 2.05) is 0 Å². The molecule has 0 saturated carbocycles. The molecule has 7 heteroatoms. The Morgan fingerprint density at radius 3 is 2.12 bits per heavy atom. The summed E-state index contributed by atoms with van der Waals surface area (Å²) in [7, 11) is 0. The molecule has 1 aromatic carbocycles. The first kappa shape index (κ1) is 18.8. The van der Waals surface area contributed by atoms with Crippen molar-refractivity contribution in [1.29, 1.82) is 0 Å². The Morgan fingerprint density at radius 1 is 1.12 bits per heavy atom. The van der Waals surface area contributed by atoms with E-state index in [2.05, 4.69) is 10.3 Å². The van der Waals surface area contributed by atoms with Crippen LogP contribution in [0.15, 0.2) is 24.3 Å². The van der Waals surface area contributed by atoms with E-state index in [0.29, 0.717) is 22.4 Å². The Hall–Kier alpha value is -2.57. The Morgan fingerprint density at radius 2 is 1.68 bits per heavy atom. The Balaban J connectivity index is 2.18. The zero-order valence-electron chi connectivity index (χ0n) is 14.3. The molecule has 134 valence electrons. The lowest BCUT2D eigenvalue weighted by atomic mass is 10.0. The monoisotopic (exact) mass is 352 g/mol. The molecule has 2 aromatic rings. The van der Waals surface area contributed by atoms with E-state index in [-0.39, 0.29) is 11.5 Å². The van der Waals surface area contributed by atoms with Gasteiger partial charge in [-0.15, -0.1) is 0 Å². The van der Waals surface area contributed by atoms with Crippen molar-refractivity contribution >= 4 is 11.7 Å². The largest absolute Gasteiger partial charge is 0.416 e. The fourth-order valence-corrected chi connectivity index (χ4v) is 2.82. The van der Waals surface area contributed by atoms with Crippen molar-refractivity contribution < 1.29 is 22.8 Å². The first-order valence-electron chi connectivity index (χ1n) is 7.70. The highest BCUT2D eigenvalue weighted by Gasteiger charge is 2.30. The van der Waals surface area contributed by atoms with Gasteiger partial charge in [-0.25, -0.2) is 0 Å². The SMILES string of the molecule is CC(=O)c1c(C)[nH]c(C(=O)NC(C)c2ccc(C(F)(F)F)cc2)c1C. The van der Waals surface area contributed by atoms with Crippen molar-refractivity contribution in [3.05, 3.63) is 57.9 Å². The molecule has 25 heavy (non-hydrogen) atoms. The van der Waals surface area contributed by atoms with Crippen molar-refractivity contribution in [2.45, 2.75) is 39.9 Å². The van der Waals surface area contributed by atoms with E-state index < -0.39 is 23.7 Å². The Kier molecular flexibility index (Phi) is 5.06. The molecule has 1 unspecified atom stereocenters. The van der Waals surface area contributed by atoms with Crippen LogP contribution < -0.4 is 5.32 Å². The standard InChI is InChI=1S/C18H19F3N2O2/c1-9-15(12(4)24)11(3)22-16(9)17(25)23-10(2)13-5-7-14(8-6-13)18(19,20)21/h5-8,10,22H,1-4H3,(H,23,25). The third-order valence-electron chi connectivity index (χ3n) is 4.10. The average molecular weight is 352 g/mol. The number of ketones is 1. The van der Waals surface area contributed by atoms with E-state index in [9.17, 15) is 22.8 Å². The molecule has 0 aliphatic heterocycles. The number of carbonyl (C=O) groups is 2. The first-order chi connectivity index (χ1) is 11.5. The number of carbonyl (C=O) groups excluding carboxylic acids is 2. The van der Waals surface area contributed by atoms with E-state index in [0.717, 1.165) is 12.1 Å². The number of hydrogen-bond acceptors (Lipinski definition) is 2. The van der Waals surface area contributed by atoms with Crippen LogP contribution in [-0.4, -0.2) is 16.7 Å². The van der Waals surface area contributed by atoms with Gasteiger partial charge in [0.15, 0.2) is 5.78 Å². The lowest BCUT2D eigenvalue weighted by Gasteiger charge is -2.15. The lowest BCUT2D eigenvalue weighted by molar-refractivity contribution is -0.137. The molecule has 0 saturated heterocycles. The number of nitrogens with one attached hydrogen (secondary N) is 2. The molecule has 0 aliphatic carbocycles. The summed E-state index contributed by atoms with van der Waals surface area (Å²) in [6.45, 7) is 6.49. The normalized spacial score (nSPS) is 12.8. The molecular weight excluding hydrogens is 333 g/mol. The number of aromatic nitrogens is 1. The minimum Gasteiger partial charge on any atom is -0.354 e. The summed E-state index contributed by atoms with van der Waals surface area (Å²) in [4.78, 5) is 27.0. The van der Waals surface area contributed by atoms with Crippen LogP contribution in [0.1, 0.15) is 63.1 Å². The molecule has 0 radical (unpaired) electrons. The number of hydrogen-bond donors (Lipinski definition) is 2. The molecule has 2 rings (SSSR count). The van der Waals surface area contributed by atoms with Crippen molar-refractivity contribution in [2.24, 2.45) is 0 Å². The summed E-state index contributed by atoms with van der Waals surface area (Å²) < 4.78 is 37.8. The maximum atomic E-state index is 12.6. The van der Waals surface area contributed by atoms with Crippen LogP contribution in [0, 0.1) is 13.8 Å². The Labute approximate surface area is 143 Å². The van der Waals surface area contributed by atoms with Gasteiger partial charge in [0, 0.05) is 11.3 Å². The fourth-order valence-electron chi connectivity index (χ4n) is 2.82. The lowest BCUT2D eigenvalue weighted by Crippen LogP contribution is -2.27. The van der Waals surface area contributed by atoms with Gasteiger partial charge in [0.2, 0.25) is 0 Å². The molecule has 1 heterocycles. The summed E-state index contributed by atoms with van der Waals surface area (Å²) >= 11 is 0. The van der Waals surface area contributed by atoms with Crippen molar-refractivity contribution in [2.75, 3.05) is 0 Å². The summed E-state index contributed by atoms with van der Waals surface area (Å²) in [5, 5.41) is 2.73. The molecule has 0 aliphatic rings. The van der Waals surface area contributed by atoms with Crippen molar-refractivity contribution in [3.63, 3.8) is 0 Å². The minimum absolute atomic E-state index is 0.138.